The minimum Gasteiger partial charge on any atom is -0.495 e. The highest BCUT2D eigenvalue weighted by Crippen LogP contribution is 2.43. The van der Waals surface area contributed by atoms with E-state index < -0.39 is 5.60 Å². The lowest BCUT2D eigenvalue weighted by Gasteiger charge is -2.44. The SMILES string of the molecule is COc1cc(C=C2OC(C)(C)C3CC=C(c4ccc(Cl)cc4)N3C2=O)ccc1-n1cnc(C)c1. The molecule has 1 aromatic heterocycles. The zero-order chi connectivity index (χ0) is 24.0. The standard InChI is InChI=1S/C27H26ClN3O3/c1-17-15-30(16-29-17)22-10-5-18(13-23(22)33-4)14-24-26(32)31-21(19-6-8-20(28)9-7-19)11-12-25(31)27(2,3)34-24/h5-11,13-16,25H,12H2,1-4H3. The quantitative estimate of drug-likeness (QED) is 0.458. The van der Waals surface area contributed by atoms with Gasteiger partial charge in [-0.05, 0) is 68.7 Å². The zero-order valence-electron chi connectivity index (χ0n) is 19.6. The molecule has 0 radical (unpaired) electrons. The molecule has 3 heterocycles. The summed E-state index contributed by atoms with van der Waals surface area (Å²) in [6.07, 6.45) is 8.30. The summed E-state index contributed by atoms with van der Waals surface area (Å²) in [7, 11) is 1.63. The number of hydrogen-bond acceptors (Lipinski definition) is 4. The third-order valence-electron chi connectivity index (χ3n) is 6.34. The van der Waals surface area contributed by atoms with Gasteiger partial charge in [-0.15, -0.1) is 0 Å². The van der Waals surface area contributed by atoms with Crippen molar-refractivity contribution in [1.29, 1.82) is 0 Å². The smallest absolute Gasteiger partial charge is 0.293 e. The third-order valence-corrected chi connectivity index (χ3v) is 6.59. The molecule has 0 spiro atoms. The Hall–Kier alpha value is -3.51. The van der Waals surface area contributed by atoms with Gasteiger partial charge in [0, 0.05) is 16.9 Å². The Labute approximate surface area is 204 Å². The fourth-order valence-corrected chi connectivity index (χ4v) is 4.75. The number of rotatable bonds is 4. The number of aromatic nitrogens is 2. The number of methoxy groups -OCH3 is 1. The maximum absolute atomic E-state index is 13.6. The molecule has 3 aromatic rings. The maximum atomic E-state index is 13.6. The molecule has 34 heavy (non-hydrogen) atoms. The van der Waals surface area contributed by atoms with Gasteiger partial charge in [0.25, 0.3) is 5.91 Å². The molecular weight excluding hydrogens is 450 g/mol. The summed E-state index contributed by atoms with van der Waals surface area (Å²) in [5.41, 5.74) is 3.89. The van der Waals surface area contributed by atoms with Crippen LogP contribution in [0.1, 0.15) is 37.1 Å². The van der Waals surface area contributed by atoms with Crippen molar-refractivity contribution in [2.45, 2.75) is 38.8 Å². The van der Waals surface area contributed by atoms with Crippen molar-refractivity contribution in [3.8, 4) is 11.4 Å². The number of ether oxygens (including phenoxy) is 2. The van der Waals surface area contributed by atoms with E-state index in [2.05, 4.69) is 11.1 Å². The van der Waals surface area contributed by atoms with Crippen molar-refractivity contribution in [2.75, 3.05) is 7.11 Å². The van der Waals surface area contributed by atoms with Crippen molar-refractivity contribution in [3.05, 3.63) is 88.7 Å². The number of aryl methyl sites for hydroxylation is 1. The van der Waals surface area contributed by atoms with E-state index in [4.69, 9.17) is 21.1 Å². The second kappa shape index (κ2) is 8.37. The molecule has 1 fully saturated rings. The number of carbonyl (C=O) groups is 1. The number of imidazole rings is 1. The van der Waals surface area contributed by atoms with Gasteiger partial charge in [-0.25, -0.2) is 4.98 Å². The largest absolute Gasteiger partial charge is 0.495 e. The van der Waals surface area contributed by atoms with E-state index >= 15 is 0 Å². The van der Waals surface area contributed by atoms with E-state index in [1.54, 1.807) is 19.5 Å². The summed E-state index contributed by atoms with van der Waals surface area (Å²) in [6, 6.07) is 13.3. The van der Waals surface area contributed by atoms with Crippen LogP contribution in [0.2, 0.25) is 5.02 Å². The summed E-state index contributed by atoms with van der Waals surface area (Å²) in [4.78, 5) is 19.8. The van der Waals surface area contributed by atoms with E-state index in [1.807, 2.05) is 78.9 Å². The number of morpholine rings is 1. The Bertz CT molecular complexity index is 1320. The molecule has 5 rings (SSSR count). The summed E-state index contributed by atoms with van der Waals surface area (Å²) >= 11 is 6.07. The third kappa shape index (κ3) is 3.88. The lowest BCUT2D eigenvalue weighted by Crippen LogP contribution is -2.55. The molecular formula is C27H26ClN3O3. The molecule has 1 amide bonds. The van der Waals surface area contributed by atoms with Crippen LogP contribution in [0.25, 0.3) is 17.5 Å². The van der Waals surface area contributed by atoms with Gasteiger partial charge in [-0.1, -0.05) is 35.9 Å². The highest BCUT2D eigenvalue weighted by atomic mass is 35.5. The van der Waals surface area contributed by atoms with Crippen molar-refractivity contribution in [2.24, 2.45) is 0 Å². The first kappa shape index (κ1) is 22.3. The minimum absolute atomic E-state index is 0.0794. The molecule has 0 saturated carbocycles. The maximum Gasteiger partial charge on any atom is 0.293 e. The highest BCUT2D eigenvalue weighted by Gasteiger charge is 2.49. The Morgan fingerprint density at radius 3 is 2.65 bits per heavy atom. The van der Waals surface area contributed by atoms with Gasteiger partial charge in [0.1, 0.15) is 11.4 Å². The second-order valence-electron chi connectivity index (χ2n) is 9.09. The lowest BCUT2D eigenvalue weighted by molar-refractivity contribution is -0.147. The Morgan fingerprint density at radius 1 is 1.21 bits per heavy atom. The molecule has 2 aliphatic heterocycles. The first-order chi connectivity index (χ1) is 16.3. The van der Waals surface area contributed by atoms with Gasteiger partial charge in [0.15, 0.2) is 5.76 Å². The van der Waals surface area contributed by atoms with Gasteiger partial charge in [-0.2, -0.15) is 0 Å². The van der Waals surface area contributed by atoms with Crippen LogP contribution >= 0.6 is 11.6 Å². The average Bonchev–Trinajstić information content (AvgIpc) is 3.45. The lowest BCUT2D eigenvalue weighted by atomic mass is 9.93. The van der Waals surface area contributed by atoms with Gasteiger partial charge >= 0.3 is 0 Å². The van der Waals surface area contributed by atoms with Crippen LogP contribution in [0.15, 0.2) is 66.8 Å². The number of amides is 1. The number of halogens is 1. The predicted molar refractivity (Wildman–Crippen MR) is 133 cm³/mol. The highest BCUT2D eigenvalue weighted by molar-refractivity contribution is 6.30. The fraction of sp³-hybridized carbons (Fsp3) is 0.259. The van der Waals surface area contributed by atoms with Crippen LogP contribution in [-0.2, 0) is 9.53 Å². The summed E-state index contributed by atoms with van der Waals surface area (Å²) in [5, 5.41) is 0.663. The molecule has 2 aliphatic rings. The average molecular weight is 476 g/mol. The minimum atomic E-state index is -0.553. The monoisotopic (exact) mass is 475 g/mol. The summed E-state index contributed by atoms with van der Waals surface area (Å²) < 4.78 is 13.8. The number of nitrogens with zero attached hydrogens (tertiary/aromatic N) is 3. The molecule has 1 saturated heterocycles. The molecule has 6 nitrogen and oxygen atoms in total. The molecule has 0 N–H and O–H groups in total. The van der Waals surface area contributed by atoms with Crippen LogP contribution in [0.4, 0.5) is 0 Å². The summed E-state index contributed by atoms with van der Waals surface area (Å²) in [6.45, 7) is 5.98. The van der Waals surface area contributed by atoms with Crippen molar-refractivity contribution >= 4 is 29.3 Å². The van der Waals surface area contributed by atoms with Gasteiger partial charge in [0.05, 0.1) is 30.9 Å². The van der Waals surface area contributed by atoms with Crippen LogP contribution < -0.4 is 4.74 Å². The number of fused-ring (bicyclic) bond motifs is 1. The van der Waals surface area contributed by atoms with Gasteiger partial charge in [0.2, 0.25) is 0 Å². The van der Waals surface area contributed by atoms with Crippen LogP contribution in [0.5, 0.6) is 5.75 Å². The fourth-order valence-electron chi connectivity index (χ4n) is 4.62. The molecule has 1 atom stereocenters. The molecule has 7 heteroatoms. The van der Waals surface area contributed by atoms with E-state index in [9.17, 15) is 4.79 Å². The molecule has 1 unspecified atom stereocenters. The van der Waals surface area contributed by atoms with E-state index in [-0.39, 0.29) is 11.9 Å². The molecule has 2 aromatic carbocycles. The van der Waals surface area contributed by atoms with E-state index in [0.29, 0.717) is 16.5 Å². The Kier molecular flexibility index (Phi) is 5.48. The van der Waals surface area contributed by atoms with Crippen LogP contribution in [0.3, 0.4) is 0 Å². The predicted octanol–water partition coefficient (Wildman–Crippen LogP) is 5.63. The van der Waals surface area contributed by atoms with E-state index in [1.165, 1.54) is 0 Å². The van der Waals surface area contributed by atoms with Crippen LogP contribution in [-0.4, -0.2) is 39.1 Å². The number of hydrogen-bond donors (Lipinski definition) is 0. The first-order valence-corrected chi connectivity index (χ1v) is 11.5. The molecule has 0 aliphatic carbocycles. The molecule has 0 bridgehead atoms. The Morgan fingerprint density at radius 2 is 1.97 bits per heavy atom. The van der Waals surface area contributed by atoms with Crippen molar-refractivity contribution in [1.82, 2.24) is 14.5 Å². The van der Waals surface area contributed by atoms with Crippen molar-refractivity contribution < 1.29 is 14.3 Å². The topological polar surface area (TPSA) is 56.6 Å². The van der Waals surface area contributed by atoms with Crippen LogP contribution in [0, 0.1) is 6.92 Å². The Balaban J connectivity index is 1.50. The number of carbonyl (C=O) groups excluding carboxylic acids is 1. The van der Waals surface area contributed by atoms with E-state index in [0.717, 1.165) is 34.6 Å². The zero-order valence-corrected chi connectivity index (χ0v) is 20.3. The first-order valence-electron chi connectivity index (χ1n) is 11.2. The van der Waals surface area contributed by atoms with Gasteiger partial charge < -0.3 is 14.0 Å². The van der Waals surface area contributed by atoms with Gasteiger partial charge in [-0.3, -0.25) is 9.69 Å². The molecule has 174 valence electrons. The van der Waals surface area contributed by atoms with Crippen molar-refractivity contribution in [3.63, 3.8) is 0 Å². The normalized spacial score (nSPS) is 20.2. The number of benzene rings is 2. The summed E-state index contributed by atoms with van der Waals surface area (Å²) in [5.74, 6) is 0.822. The second-order valence-corrected chi connectivity index (χ2v) is 9.53.